The molecule has 0 aliphatic carbocycles. The number of aliphatic hydroxyl groups is 1. The van der Waals surface area contributed by atoms with Gasteiger partial charge in [-0.25, -0.2) is 0 Å². The molecule has 5 heteroatoms. The largest absolute Gasteiger partial charge is 0.389 e. The summed E-state index contributed by atoms with van der Waals surface area (Å²) in [6.07, 6.45) is 1.73. The van der Waals surface area contributed by atoms with Crippen molar-refractivity contribution < 1.29 is 5.11 Å². The molecule has 2 heterocycles. The quantitative estimate of drug-likeness (QED) is 0.878. The number of nitrogens with zero attached hydrogens (tertiary/aromatic N) is 2. The van der Waals surface area contributed by atoms with Crippen molar-refractivity contribution in [2.75, 3.05) is 18.1 Å². The fourth-order valence-corrected chi connectivity index (χ4v) is 3.66. The predicted molar refractivity (Wildman–Crippen MR) is 78.1 cm³/mol. The second-order valence-corrected chi connectivity index (χ2v) is 6.48. The molecule has 19 heavy (non-hydrogen) atoms. The average Bonchev–Trinajstić information content (AvgIpc) is 2.67. The highest BCUT2D eigenvalue weighted by atomic mass is 32.2. The Balaban J connectivity index is 1.91. The molecule has 2 rings (SSSR count). The second kappa shape index (κ2) is 6.00. The van der Waals surface area contributed by atoms with Gasteiger partial charge in [-0.05, 0) is 42.9 Å². The van der Waals surface area contributed by atoms with Crippen LogP contribution in [0.3, 0.4) is 0 Å². The lowest BCUT2D eigenvalue weighted by molar-refractivity contribution is 0.0320. The summed E-state index contributed by atoms with van der Waals surface area (Å²) in [5.41, 5.74) is 2.37. The molecule has 1 aromatic heterocycles. The Kier molecular flexibility index (Phi) is 4.56. The highest BCUT2D eigenvalue weighted by molar-refractivity contribution is 7.99. The Labute approximate surface area is 118 Å². The number of nitrogens with one attached hydrogen (secondary N) is 1. The van der Waals surface area contributed by atoms with Crippen molar-refractivity contribution >= 4 is 11.8 Å². The summed E-state index contributed by atoms with van der Waals surface area (Å²) in [7, 11) is 1.91. The summed E-state index contributed by atoms with van der Waals surface area (Å²) in [6.45, 7) is 3.35. The lowest BCUT2D eigenvalue weighted by Gasteiger charge is -2.32. The molecule has 1 aliphatic heterocycles. The third-order valence-electron chi connectivity index (χ3n) is 3.95. The van der Waals surface area contributed by atoms with Gasteiger partial charge in [0.15, 0.2) is 0 Å². The summed E-state index contributed by atoms with van der Waals surface area (Å²) in [6, 6.07) is 4.11. The van der Waals surface area contributed by atoms with Gasteiger partial charge in [-0.3, -0.25) is 0 Å². The molecule has 1 saturated heterocycles. The second-order valence-electron chi connectivity index (χ2n) is 5.25. The van der Waals surface area contributed by atoms with Gasteiger partial charge >= 0.3 is 0 Å². The third kappa shape index (κ3) is 3.33. The van der Waals surface area contributed by atoms with E-state index in [0.29, 0.717) is 18.8 Å². The number of hydrogen-bond donors (Lipinski definition) is 2. The van der Waals surface area contributed by atoms with E-state index in [0.717, 1.165) is 35.6 Å². The van der Waals surface area contributed by atoms with Crippen LogP contribution >= 0.6 is 11.8 Å². The molecular weight excluding hydrogens is 258 g/mol. The molecular formula is C14H21N3OS. The highest BCUT2D eigenvalue weighted by Gasteiger charge is 2.28. The van der Waals surface area contributed by atoms with Crippen LogP contribution in [0.25, 0.3) is 0 Å². The van der Waals surface area contributed by atoms with Crippen LogP contribution in [0.4, 0.5) is 0 Å². The van der Waals surface area contributed by atoms with Crippen molar-refractivity contribution in [3.63, 3.8) is 0 Å². The summed E-state index contributed by atoms with van der Waals surface area (Å²) < 4.78 is 1.91. The molecule has 104 valence electrons. The first kappa shape index (κ1) is 14.4. The number of rotatable bonds is 4. The van der Waals surface area contributed by atoms with E-state index in [2.05, 4.69) is 11.4 Å². The van der Waals surface area contributed by atoms with Crippen LogP contribution in [-0.4, -0.2) is 33.3 Å². The summed E-state index contributed by atoms with van der Waals surface area (Å²) in [4.78, 5) is 0. The van der Waals surface area contributed by atoms with Gasteiger partial charge in [0.25, 0.3) is 0 Å². The average molecular weight is 279 g/mol. The maximum absolute atomic E-state index is 10.4. The number of nitriles is 1. The van der Waals surface area contributed by atoms with Crippen molar-refractivity contribution in [1.82, 2.24) is 9.88 Å². The van der Waals surface area contributed by atoms with E-state index in [1.165, 1.54) is 0 Å². The molecule has 1 aromatic rings. The molecule has 0 saturated carbocycles. The number of hydrogen-bond acceptors (Lipinski definition) is 4. The van der Waals surface area contributed by atoms with Crippen LogP contribution in [0, 0.1) is 18.3 Å². The Bertz CT molecular complexity index is 484. The zero-order valence-corrected chi connectivity index (χ0v) is 12.4. The lowest BCUT2D eigenvalue weighted by Crippen LogP contribution is -2.43. The smallest absolute Gasteiger partial charge is 0.120 e. The normalized spacial score (nSPS) is 18.2. The lowest BCUT2D eigenvalue weighted by atomic mass is 9.97. The summed E-state index contributed by atoms with van der Waals surface area (Å²) >= 11 is 1.91. The van der Waals surface area contributed by atoms with E-state index in [4.69, 9.17) is 5.26 Å². The van der Waals surface area contributed by atoms with E-state index >= 15 is 0 Å². The number of thioether (sulfide) groups is 1. The van der Waals surface area contributed by atoms with E-state index in [9.17, 15) is 5.11 Å². The molecule has 0 aromatic carbocycles. The van der Waals surface area contributed by atoms with E-state index < -0.39 is 5.60 Å². The monoisotopic (exact) mass is 279 g/mol. The van der Waals surface area contributed by atoms with E-state index in [1.54, 1.807) is 0 Å². The molecule has 0 atom stereocenters. The van der Waals surface area contributed by atoms with Crippen LogP contribution in [0.2, 0.25) is 0 Å². The molecule has 0 radical (unpaired) electrons. The van der Waals surface area contributed by atoms with Crippen LogP contribution in [0.15, 0.2) is 6.07 Å². The van der Waals surface area contributed by atoms with Crippen LogP contribution in [0.1, 0.15) is 29.8 Å². The van der Waals surface area contributed by atoms with Crippen LogP contribution < -0.4 is 5.32 Å². The van der Waals surface area contributed by atoms with Gasteiger partial charge in [0, 0.05) is 25.8 Å². The molecule has 1 fully saturated rings. The van der Waals surface area contributed by atoms with Gasteiger partial charge in [0.05, 0.1) is 5.60 Å². The SMILES string of the molecule is Cc1c(CNCC2(O)CCSCC2)cc(C#N)n1C. The van der Waals surface area contributed by atoms with Crippen molar-refractivity contribution in [1.29, 1.82) is 5.26 Å². The van der Waals surface area contributed by atoms with Gasteiger partial charge in [-0.15, -0.1) is 0 Å². The van der Waals surface area contributed by atoms with Crippen molar-refractivity contribution in [2.45, 2.75) is 31.9 Å². The van der Waals surface area contributed by atoms with E-state index in [1.807, 2.05) is 36.4 Å². The fraction of sp³-hybridized carbons (Fsp3) is 0.643. The Morgan fingerprint density at radius 1 is 1.53 bits per heavy atom. The fourth-order valence-electron chi connectivity index (χ4n) is 2.41. The molecule has 2 N–H and O–H groups in total. The van der Waals surface area contributed by atoms with Crippen LogP contribution in [-0.2, 0) is 13.6 Å². The predicted octanol–water partition coefficient (Wildman–Crippen LogP) is 1.55. The summed E-state index contributed by atoms with van der Waals surface area (Å²) in [5, 5.41) is 22.7. The van der Waals surface area contributed by atoms with Gasteiger partial charge in [0.1, 0.15) is 11.8 Å². The van der Waals surface area contributed by atoms with Gasteiger partial charge in [-0.1, -0.05) is 0 Å². The molecule has 0 unspecified atom stereocenters. The highest BCUT2D eigenvalue weighted by Crippen LogP contribution is 2.26. The first-order valence-electron chi connectivity index (χ1n) is 6.62. The minimum absolute atomic E-state index is 0.550. The van der Waals surface area contributed by atoms with Gasteiger partial charge in [0.2, 0.25) is 0 Å². The van der Waals surface area contributed by atoms with Crippen molar-refractivity contribution in [3.05, 3.63) is 23.0 Å². The Morgan fingerprint density at radius 2 is 2.21 bits per heavy atom. The maximum atomic E-state index is 10.4. The topological polar surface area (TPSA) is 61.0 Å². The summed E-state index contributed by atoms with van der Waals surface area (Å²) in [5.74, 6) is 2.09. The zero-order chi connectivity index (χ0) is 13.9. The molecule has 0 bridgehead atoms. The zero-order valence-electron chi connectivity index (χ0n) is 11.6. The van der Waals surface area contributed by atoms with Gasteiger partial charge in [-0.2, -0.15) is 17.0 Å². The number of aromatic nitrogens is 1. The first-order chi connectivity index (χ1) is 9.06. The van der Waals surface area contributed by atoms with Gasteiger partial charge < -0.3 is 15.0 Å². The maximum Gasteiger partial charge on any atom is 0.120 e. The molecule has 1 aliphatic rings. The molecule has 0 spiro atoms. The standard InChI is InChI=1S/C14H21N3OS/c1-11-12(7-13(8-15)17(11)2)9-16-10-14(18)3-5-19-6-4-14/h7,16,18H,3-6,9-10H2,1-2H3. The third-order valence-corrected chi connectivity index (χ3v) is 4.93. The first-order valence-corrected chi connectivity index (χ1v) is 7.77. The minimum Gasteiger partial charge on any atom is -0.389 e. The van der Waals surface area contributed by atoms with Crippen molar-refractivity contribution in [2.24, 2.45) is 7.05 Å². The van der Waals surface area contributed by atoms with E-state index in [-0.39, 0.29) is 0 Å². The van der Waals surface area contributed by atoms with Crippen LogP contribution in [0.5, 0.6) is 0 Å². The Hall–Kier alpha value is -0.960. The molecule has 4 nitrogen and oxygen atoms in total. The van der Waals surface area contributed by atoms with Crippen molar-refractivity contribution in [3.8, 4) is 6.07 Å². The Morgan fingerprint density at radius 3 is 2.79 bits per heavy atom. The minimum atomic E-state index is -0.550. The molecule has 0 amide bonds.